The van der Waals surface area contributed by atoms with E-state index in [9.17, 15) is 8.42 Å². The zero-order chi connectivity index (χ0) is 13.0. The molecule has 0 aliphatic rings. The van der Waals surface area contributed by atoms with Gasteiger partial charge in [0.1, 0.15) is 5.76 Å². The van der Waals surface area contributed by atoms with E-state index < -0.39 is 10.0 Å². The minimum absolute atomic E-state index is 0.171. The van der Waals surface area contributed by atoms with Crippen LogP contribution in [0.5, 0.6) is 0 Å². The fourth-order valence-corrected chi connectivity index (χ4v) is 2.19. The van der Waals surface area contributed by atoms with Crippen LogP contribution in [0.2, 0.25) is 0 Å². The van der Waals surface area contributed by atoms with Gasteiger partial charge in [-0.15, -0.1) is 4.83 Å². The molecule has 18 heavy (non-hydrogen) atoms. The Morgan fingerprint density at radius 3 is 2.44 bits per heavy atom. The van der Waals surface area contributed by atoms with E-state index >= 15 is 0 Å². The molecule has 94 valence electrons. The second-order valence-electron chi connectivity index (χ2n) is 3.50. The second kappa shape index (κ2) is 5.07. The molecule has 6 heteroatoms. The highest BCUT2D eigenvalue weighted by Crippen LogP contribution is 2.10. The molecule has 5 nitrogen and oxygen atoms in total. The third kappa shape index (κ3) is 2.79. The fraction of sp³-hybridized carbons (Fsp3) is 0. The van der Waals surface area contributed by atoms with Gasteiger partial charge in [0.05, 0.1) is 16.9 Å². The minimum Gasteiger partial charge on any atom is -0.463 e. The number of furan rings is 1. The first-order valence-corrected chi connectivity index (χ1v) is 6.63. The van der Waals surface area contributed by atoms with Crippen LogP contribution in [0, 0.1) is 0 Å². The minimum atomic E-state index is -3.61. The number of hydrazine groups is 1. The Balaban J connectivity index is 2.05. The maximum Gasteiger partial charge on any atom is 0.257 e. The van der Waals surface area contributed by atoms with E-state index in [4.69, 9.17) is 4.42 Å². The second-order valence-corrected chi connectivity index (χ2v) is 5.18. The number of benzene rings is 1. The SMILES string of the molecule is C=C(NNS(=O)(=O)c1ccccc1)c1ccco1. The summed E-state index contributed by atoms with van der Waals surface area (Å²) in [5.74, 6) is 0.464. The van der Waals surface area contributed by atoms with Crippen LogP contribution in [-0.2, 0) is 10.0 Å². The van der Waals surface area contributed by atoms with Crippen molar-refractivity contribution >= 4 is 15.7 Å². The van der Waals surface area contributed by atoms with Crippen LogP contribution in [-0.4, -0.2) is 8.42 Å². The quantitative estimate of drug-likeness (QED) is 0.807. The molecule has 2 rings (SSSR count). The van der Waals surface area contributed by atoms with E-state index in [1.807, 2.05) is 0 Å². The molecule has 0 saturated carbocycles. The van der Waals surface area contributed by atoms with Gasteiger partial charge in [-0.25, -0.2) is 8.42 Å². The maximum atomic E-state index is 11.9. The molecule has 0 fully saturated rings. The van der Waals surface area contributed by atoms with Crippen molar-refractivity contribution in [3.8, 4) is 0 Å². The van der Waals surface area contributed by atoms with Gasteiger partial charge in [-0.2, -0.15) is 0 Å². The lowest BCUT2D eigenvalue weighted by Crippen LogP contribution is -2.35. The number of hydrogen-bond donors (Lipinski definition) is 2. The van der Waals surface area contributed by atoms with Crippen LogP contribution in [0.4, 0.5) is 0 Å². The van der Waals surface area contributed by atoms with Gasteiger partial charge in [0, 0.05) is 0 Å². The third-order valence-electron chi connectivity index (χ3n) is 2.21. The molecule has 0 amide bonds. The van der Waals surface area contributed by atoms with Crippen molar-refractivity contribution in [2.75, 3.05) is 0 Å². The molecule has 1 heterocycles. The van der Waals surface area contributed by atoms with E-state index in [1.165, 1.54) is 18.4 Å². The van der Waals surface area contributed by atoms with Gasteiger partial charge in [-0.3, -0.25) is 0 Å². The van der Waals surface area contributed by atoms with Crippen LogP contribution in [0.25, 0.3) is 5.70 Å². The van der Waals surface area contributed by atoms with Crippen molar-refractivity contribution < 1.29 is 12.8 Å². The molecular formula is C12H12N2O3S. The van der Waals surface area contributed by atoms with Gasteiger partial charge < -0.3 is 9.84 Å². The van der Waals surface area contributed by atoms with Gasteiger partial charge in [0.25, 0.3) is 10.0 Å². The first-order valence-electron chi connectivity index (χ1n) is 5.15. The predicted molar refractivity (Wildman–Crippen MR) is 67.6 cm³/mol. The van der Waals surface area contributed by atoms with Crippen LogP contribution in [0.3, 0.4) is 0 Å². The Hall–Kier alpha value is -2.05. The van der Waals surface area contributed by atoms with Crippen molar-refractivity contribution in [2.24, 2.45) is 0 Å². The monoisotopic (exact) mass is 264 g/mol. The van der Waals surface area contributed by atoms with E-state index in [-0.39, 0.29) is 4.90 Å². The summed E-state index contributed by atoms with van der Waals surface area (Å²) in [4.78, 5) is 2.40. The highest BCUT2D eigenvalue weighted by atomic mass is 32.2. The molecule has 0 spiro atoms. The van der Waals surface area contributed by atoms with Gasteiger partial charge >= 0.3 is 0 Å². The Labute approximate surface area is 105 Å². The van der Waals surface area contributed by atoms with Crippen LogP contribution >= 0.6 is 0 Å². The lowest BCUT2D eigenvalue weighted by molar-refractivity contribution is 0.542. The molecular weight excluding hydrogens is 252 g/mol. The molecule has 0 aliphatic heterocycles. The zero-order valence-electron chi connectivity index (χ0n) is 9.46. The molecule has 0 bridgehead atoms. The van der Waals surface area contributed by atoms with Crippen molar-refractivity contribution in [3.05, 3.63) is 61.1 Å². The number of rotatable bonds is 5. The molecule has 1 aromatic heterocycles. The number of sulfonamides is 1. The van der Waals surface area contributed by atoms with Crippen LogP contribution in [0.1, 0.15) is 5.76 Å². The van der Waals surface area contributed by atoms with E-state index in [0.29, 0.717) is 11.5 Å². The normalized spacial score (nSPS) is 11.1. The van der Waals surface area contributed by atoms with E-state index in [1.54, 1.807) is 30.3 Å². The average molecular weight is 264 g/mol. The summed E-state index contributed by atoms with van der Waals surface area (Å²) in [5.41, 5.74) is 2.83. The maximum absolute atomic E-state index is 11.9. The first kappa shape index (κ1) is 12.4. The van der Waals surface area contributed by atoms with Crippen molar-refractivity contribution in [3.63, 3.8) is 0 Å². The van der Waals surface area contributed by atoms with Gasteiger partial charge in [-0.1, -0.05) is 24.8 Å². The summed E-state index contributed by atoms with van der Waals surface area (Å²) in [6.07, 6.45) is 1.48. The van der Waals surface area contributed by atoms with E-state index in [0.717, 1.165) is 0 Å². The van der Waals surface area contributed by atoms with Gasteiger partial charge in [-0.05, 0) is 24.3 Å². The summed E-state index contributed by atoms with van der Waals surface area (Å²) in [5, 5.41) is 0. The fourth-order valence-electron chi connectivity index (χ4n) is 1.30. The largest absolute Gasteiger partial charge is 0.463 e. The first-order chi connectivity index (χ1) is 8.59. The Kier molecular flexibility index (Phi) is 3.50. The average Bonchev–Trinajstić information content (AvgIpc) is 2.91. The molecule has 1 aromatic carbocycles. The Bertz CT molecular complexity index is 619. The molecule has 0 unspecified atom stereocenters. The van der Waals surface area contributed by atoms with Crippen molar-refractivity contribution in [2.45, 2.75) is 4.90 Å². The lowest BCUT2D eigenvalue weighted by atomic mass is 10.4. The Morgan fingerprint density at radius 2 is 1.83 bits per heavy atom. The lowest BCUT2D eigenvalue weighted by Gasteiger charge is -2.09. The van der Waals surface area contributed by atoms with Gasteiger partial charge in [0.15, 0.2) is 0 Å². The summed E-state index contributed by atoms with van der Waals surface area (Å²) >= 11 is 0. The summed E-state index contributed by atoms with van der Waals surface area (Å²) < 4.78 is 28.8. The highest BCUT2D eigenvalue weighted by Gasteiger charge is 2.13. The standard InChI is InChI=1S/C12H12N2O3S/c1-10(12-8-5-9-17-12)13-14-18(15,16)11-6-3-2-4-7-11/h2-9,13-14H,1H2. The summed E-state index contributed by atoms with van der Waals surface area (Å²) in [6, 6.07) is 11.4. The molecule has 0 atom stereocenters. The molecule has 2 aromatic rings. The zero-order valence-corrected chi connectivity index (χ0v) is 10.3. The number of hydrogen-bond acceptors (Lipinski definition) is 4. The van der Waals surface area contributed by atoms with Crippen LogP contribution < -0.4 is 10.3 Å². The smallest absolute Gasteiger partial charge is 0.257 e. The number of nitrogens with one attached hydrogen (secondary N) is 2. The molecule has 0 saturated heterocycles. The van der Waals surface area contributed by atoms with Gasteiger partial charge in [0.2, 0.25) is 0 Å². The topological polar surface area (TPSA) is 71.3 Å². The van der Waals surface area contributed by atoms with Crippen molar-refractivity contribution in [1.82, 2.24) is 10.3 Å². The van der Waals surface area contributed by atoms with Crippen LogP contribution in [0.15, 0.2) is 64.6 Å². The molecule has 0 radical (unpaired) electrons. The highest BCUT2D eigenvalue weighted by molar-refractivity contribution is 7.89. The Morgan fingerprint density at radius 1 is 1.11 bits per heavy atom. The predicted octanol–water partition coefficient (Wildman–Crippen LogP) is 1.73. The van der Waals surface area contributed by atoms with Crippen molar-refractivity contribution in [1.29, 1.82) is 0 Å². The van der Waals surface area contributed by atoms with E-state index in [2.05, 4.69) is 16.8 Å². The third-order valence-corrected chi connectivity index (χ3v) is 3.47. The summed E-state index contributed by atoms with van der Waals surface area (Å²) in [6.45, 7) is 3.66. The molecule has 2 N–H and O–H groups in total. The summed E-state index contributed by atoms with van der Waals surface area (Å²) in [7, 11) is -3.61. The molecule has 0 aliphatic carbocycles.